The minimum atomic E-state index is -0.997. The third-order valence-corrected chi connectivity index (χ3v) is 4.70. The van der Waals surface area contributed by atoms with E-state index in [9.17, 15) is 14.7 Å². The first-order valence-corrected chi connectivity index (χ1v) is 8.79. The third kappa shape index (κ3) is 4.27. The second-order valence-corrected chi connectivity index (χ2v) is 6.79. The van der Waals surface area contributed by atoms with Crippen LogP contribution in [0.1, 0.15) is 53.3 Å². The van der Waals surface area contributed by atoms with Crippen LogP contribution in [-0.2, 0) is 0 Å². The van der Waals surface area contributed by atoms with Gasteiger partial charge >= 0.3 is 5.97 Å². The smallest absolute Gasteiger partial charge is 0.336 e. The summed E-state index contributed by atoms with van der Waals surface area (Å²) in [4.78, 5) is 24.2. The van der Waals surface area contributed by atoms with Gasteiger partial charge in [0.25, 0.3) is 5.91 Å². The van der Waals surface area contributed by atoms with Crippen LogP contribution in [0.25, 0.3) is 11.1 Å². The van der Waals surface area contributed by atoms with Gasteiger partial charge < -0.3 is 10.4 Å². The molecule has 1 atom stereocenters. The highest BCUT2D eigenvalue weighted by Gasteiger charge is 2.23. The predicted molar refractivity (Wildman–Crippen MR) is 97.7 cm³/mol. The van der Waals surface area contributed by atoms with Crippen LogP contribution in [0.4, 0.5) is 0 Å². The van der Waals surface area contributed by atoms with Crippen molar-refractivity contribution in [3.63, 3.8) is 0 Å². The molecule has 2 aromatic rings. The molecular formula is C21H23NO3. The second-order valence-electron chi connectivity index (χ2n) is 6.79. The lowest BCUT2D eigenvalue weighted by Crippen LogP contribution is -2.33. The number of hydrogen-bond acceptors (Lipinski definition) is 2. The van der Waals surface area contributed by atoms with Gasteiger partial charge in [-0.15, -0.1) is 0 Å². The molecule has 0 spiro atoms. The Labute approximate surface area is 147 Å². The van der Waals surface area contributed by atoms with Gasteiger partial charge in [0.15, 0.2) is 0 Å². The topological polar surface area (TPSA) is 66.4 Å². The van der Waals surface area contributed by atoms with Gasteiger partial charge in [-0.25, -0.2) is 4.79 Å². The normalized spacial score (nSPS) is 14.8. The number of carboxylic acids is 1. The van der Waals surface area contributed by atoms with E-state index in [1.165, 1.54) is 12.8 Å². The lowest BCUT2D eigenvalue weighted by molar-refractivity contribution is 0.0697. The predicted octanol–water partition coefficient (Wildman–Crippen LogP) is 4.36. The standard InChI is InChI=1S/C21H23NO3/c1-14(10-11-15-12-13-15)22-20(23)18-8-4-2-6-16(18)17-7-3-5-9-19(17)21(24)25/h2-9,14-15H,10-13H2,1H3,(H,22,23)(H,24,25). The molecule has 1 amide bonds. The molecule has 0 bridgehead atoms. The molecule has 1 unspecified atom stereocenters. The minimum Gasteiger partial charge on any atom is -0.478 e. The Morgan fingerprint density at radius 3 is 2.20 bits per heavy atom. The minimum absolute atomic E-state index is 0.107. The maximum Gasteiger partial charge on any atom is 0.336 e. The van der Waals surface area contributed by atoms with E-state index in [1.807, 2.05) is 13.0 Å². The van der Waals surface area contributed by atoms with Gasteiger partial charge in [0.05, 0.1) is 5.56 Å². The van der Waals surface area contributed by atoms with Crippen molar-refractivity contribution in [2.75, 3.05) is 0 Å². The maximum absolute atomic E-state index is 12.7. The van der Waals surface area contributed by atoms with Crippen LogP contribution in [0.3, 0.4) is 0 Å². The average Bonchev–Trinajstić information content (AvgIpc) is 3.44. The van der Waals surface area contributed by atoms with Crippen molar-refractivity contribution in [2.24, 2.45) is 5.92 Å². The number of carbonyl (C=O) groups is 2. The molecule has 2 aromatic carbocycles. The van der Waals surface area contributed by atoms with E-state index in [-0.39, 0.29) is 17.5 Å². The van der Waals surface area contributed by atoms with Crippen molar-refractivity contribution in [2.45, 2.75) is 38.6 Å². The SMILES string of the molecule is CC(CCC1CC1)NC(=O)c1ccccc1-c1ccccc1C(=O)O. The van der Waals surface area contributed by atoms with E-state index in [0.29, 0.717) is 16.7 Å². The molecule has 0 aromatic heterocycles. The van der Waals surface area contributed by atoms with Crippen LogP contribution in [0.2, 0.25) is 0 Å². The fraction of sp³-hybridized carbons (Fsp3) is 0.333. The van der Waals surface area contributed by atoms with Gasteiger partial charge in [-0.05, 0) is 48.9 Å². The zero-order chi connectivity index (χ0) is 17.8. The van der Waals surface area contributed by atoms with Crippen molar-refractivity contribution in [1.29, 1.82) is 0 Å². The van der Waals surface area contributed by atoms with Crippen molar-refractivity contribution >= 4 is 11.9 Å². The van der Waals surface area contributed by atoms with Crippen LogP contribution < -0.4 is 5.32 Å². The van der Waals surface area contributed by atoms with Crippen molar-refractivity contribution in [1.82, 2.24) is 5.32 Å². The van der Waals surface area contributed by atoms with Crippen LogP contribution >= 0.6 is 0 Å². The summed E-state index contributed by atoms with van der Waals surface area (Å²) in [6.45, 7) is 2.02. The monoisotopic (exact) mass is 337 g/mol. The zero-order valence-electron chi connectivity index (χ0n) is 14.4. The molecule has 2 N–H and O–H groups in total. The number of carbonyl (C=O) groups excluding carboxylic acids is 1. The van der Waals surface area contributed by atoms with Crippen molar-refractivity contribution < 1.29 is 14.7 Å². The van der Waals surface area contributed by atoms with Crippen LogP contribution in [0, 0.1) is 5.92 Å². The number of nitrogens with one attached hydrogen (secondary N) is 1. The fourth-order valence-corrected chi connectivity index (χ4v) is 3.09. The van der Waals surface area contributed by atoms with Gasteiger partial charge in [-0.2, -0.15) is 0 Å². The Kier molecular flexibility index (Phi) is 5.17. The Morgan fingerprint density at radius 1 is 1.04 bits per heavy atom. The molecule has 1 fully saturated rings. The van der Waals surface area contributed by atoms with E-state index in [4.69, 9.17) is 0 Å². The highest BCUT2D eigenvalue weighted by molar-refractivity contribution is 6.04. The molecular weight excluding hydrogens is 314 g/mol. The van der Waals surface area contributed by atoms with E-state index >= 15 is 0 Å². The summed E-state index contributed by atoms with van der Waals surface area (Å²) >= 11 is 0. The summed E-state index contributed by atoms with van der Waals surface area (Å²) < 4.78 is 0. The summed E-state index contributed by atoms with van der Waals surface area (Å²) in [6.07, 6.45) is 4.76. The Morgan fingerprint density at radius 2 is 1.60 bits per heavy atom. The quantitative estimate of drug-likeness (QED) is 0.789. The van der Waals surface area contributed by atoms with E-state index in [1.54, 1.807) is 42.5 Å². The second kappa shape index (κ2) is 7.51. The lowest BCUT2D eigenvalue weighted by Gasteiger charge is -2.16. The highest BCUT2D eigenvalue weighted by Crippen LogP contribution is 2.34. The lowest BCUT2D eigenvalue weighted by atomic mass is 9.95. The Balaban J connectivity index is 1.83. The van der Waals surface area contributed by atoms with Gasteiger partial charge in [-0.3, -0.25) is 4.79 Å². The number of rotatable bonds is 7. The van der Waals surface area contributed by atoms with Crippen LogP contribution in [0.5, 0.6) is 0 Å². The molecule has 130 valence electrons. The summed E-state index contributed by atoms with van der Waals surface area (Å²) in [5.74, 6) is -0.309. The maximum atomic E-state index is 12.7. The molecule has 0 heterocycles. The summed E-state index contributed by atoms with van der Waals surface area (Å²) in [6, 6.07) is 14.1. The average molecular weight is 337 g/mol. The molecule has 4 nitrogen and oxygen atoms in total. The van der Waals surface area contributed by atoms with Crippen LogP contribution in [0.15, 0.2) is 48.5 Å². The number of hydrogen-bond donors (Lipinski definition) is 2. The van der Waals surface area contributed by atoms with Crippen molar-refractivity contribution in [3.05, 3.63) is 59.7 Å². The molecule has 1 aliphatic carbocycles. The van der Waals surface area contributed by atoms with E-state index in [2.05, 4.69) is 5.32 Å². The third-order valence-electron chi connectivity index (χ3n) is 4.70. The zero-order valence-corrected chi connectivity index (χ0v) is 14.4. The molecule has 0 aliphatic heterocycles. The number of amides is 1. The molecule has 25 heavy (non-hydrogen) atoms. The first kappa shape index (κ1) is 17.2. The van der Waals surface area contributed by atoms with E-state index < -0.39 is 5.97 Å². The van der Waals surface area contributed by atoms with Gasteiger partial charge in [0.1, 0.15) is 0 Å². The molecule has 1 saturated carbocycles. The number of carboxylic acid groups (broad SMARTS) is 1. The van der Waals surface area contributed by atoms with Gasteiger partial charge in [0, 0.05) is 11.6 Å². The molecule has 1 aliphatic rings. The first-order valence-electron chi connectivity index (χ1n) is 8.79. The summed E-state index contributed by atoms with van der Waals surface area (Å²) in [5.41, 5.74) is 1.91. The Bertz CT molecular complexity index is 780. The van der Waals surface area contributed by atoms with Crippen LogP contribution in [-0.4, -0.2) is 23.0 Å². The van der Waals surface area contributed by atoms with Crippen molar-refractivity contribution in [3.8, 4) is 11.1 Å². The number of benzene rings is 2. The Hall–Kier alpha value is -2.62. The number of aromatic carboxylic acids is 1. The highest BCUT2D eigenvalue weighted by atomic mass is 16.4. The molecule has 3 rings (SSSR count). The molecule has 0 radical (unpaired) electrons. The molecule has 4 heteroatoms. The fourth-order valence-electron chi connectivity index (χ4n) is 3.09. The summed E-state index contributed by atoms with van der Waals surface area (Å²) in [5, 5.41) is 12.5. The van der Waals surface area contributed by atoms with Gasteiger partial charge in [0.2, 0.25) is 0 Å². The summed E-state index contributed by atoms with van der Waals surface area (Å²) in [7, 11) is 0. The molecule has 0 saturated heterocycles. The van der Waals surface area contributed by atoms with Gasteiger partial charge in [-0.1, -0.05) is 49.2 Å². The van der Waals surface area contributed by atoms with E-state index in [0.717, 1.165) is 18.8 Å². The first-order chi connectivity index (χ1) is 12.1. The largest absolute Gasteiger partial charge is 0.478 e.